The number of benzene rings is 1. The maximum Gasteiger partial charge on any atom is 0.410 e. The standard InChI is InChI=1S/C31H44FN5O5/c1-30(2,3)42-29(41)36-10-8-20(9-11-36)31(4,5)19-34-12-14-35(15-13-34)25-17-21(32)16-22-23(25)18-37(28(22)40)24-6-7-26(38)33-27(24)39/h16-17,20,24H,6-15,18-19H2,1-5H3,(H,33,38,39). The van der Waals surface area contributed by atoms with E-state index in [0.717, 1.165) is 38.0 Å². The number of ether oxygens (including phenoxy) is 1. The molecule has 0 radical (unpaired) electrons. The highest BCUT2D eigenvalue weighted by Gasteiger charge is 2.41. The first kappa shape index (κ1) is 30.3. The molecular formula is C31H44FN5O5. The molecule has 1 N–H and O–H groups in total. The Labute approximate surface area is 247 Å². The van der Waals surface area contributed by atoms with Gasteiger partial charge >= 0.3 is 6.09 Å². The first-order chi connectivity index (χ1) is 19.7. The zero-order chi connectivity index (χ0) is 30.4. The number of hydrogen-bond donors (Lipinski definition) is 1. The Morgan fingerprint density at radius 2 is 1.64 bits per heavy atom. The molecular weight excluding hydrogens is 541 g/mol. The molecule has 42 heavy (non-hydrogen) atoms. The van der Waals surface area contributed by atoms with Crippen molar-refractivity contribution in [2.45, 2.75) is 78.5 Å². The number of nitrogens with one attached hydrogen (secondary N) is 1. The van der Waals surface area contributed by atoms with Crippen molar-refractivity contribution in [2.24, 2.45) is 11.3 Å². The molecule has 1 unspecified atom stereocenters. The first-order valence-electron chi connectivity index (χ1n) is 15.1. The number of halogens is 1. The van der Waals surface area contributed by atoms with Crippen LogP contribution in [0.5, 0.6) is 0 Å². The SMILES string of the molecule is CC(C)(C)OC(=O)N1CCC(C(C)(C)CN2CCN(c3cc(F)cc4c3CN(C3CCC(=O)NC3=O)C4=O)CC2)CC1. The Bertz CT molecular complexity index is 1240. The predicted octanol–water partition coefficient (Wildman–Crippen LogP) is 3.38. The highest BCUT2D eigenvalue weighted by atomic mass is 19.1. The molecule has 3 saturated heterocycles. The summed E-state index contributed by atoms with van der Waals surface area (Å²) in [5.41, 5.74) is 1.33. The van der Waals surface area contributed by atoms with Crippen molar-refractivity contribution in [3.63, 3.8) is 0 Å². The van der Waals surface area contributed by atoms with Crippen LogP contribution >= 0.6 is 0 Å². The molecule has 1 aromatic rings. The van der Waals surface area contributed by atoms with Crippen molar-refractivity contribution in [1.82, 2.24) is 20.0 Å². The second kappa shape index (κ2) is 11.5. The van der Waals surface area contributed by atoms with Crippen molar-refractivity contribution < 1.29 is 28.3 Å². The molecule has 4 aliphatic rings. The van der Waals surface area contributed by atoms with Crippen LogP contribution in [-0.4, -0.2) is 96.0 Å². The molecule has 1 aromatic carbocycles. The third-order valence-corrected chi connectivity index (χ3v) is 9.19. The summed E-state index contributed by atoms with van der Waals surface area (Å²) in [6.07, 6.45) is 2.11. The second-order valence-corrected chi connectivity index (χ2v) is 13.8. The molecule has 11 heteroatoms. The Hall–Kier alpha value is -3.21. The van der Waals surface area contributed by atoms with Crippen molar-refractivity contribution in [1.29, 1.82) is 0 Å². The average Bonchev–Trinajstić information content (AvgIpc) is 3.23. The van der Waals surface area contributed by atoms with E-state index in [1.807, 2.05) is 25.7 Å². The fourth-order valence-corrected chi connectivity index (χ4v) is 6.91. The number of fused-ring (bicyclic) bond motifs is 1. The Balaban J connectivity index is 1.18. The minimum atomic E-state index is -0.728. The summed E-state index contributed by atoms with van der Waals surface area (Å²) in [6.45, 7) is 15.9. The van der Waals surface area contributed by atoms with Crippen LogP contribution in [0, 0.1) is 17.2 Å². The van der Waals surface area contributed by atoms with Crippen molar-refractivity contribution in [2.75, 3.05) is 50.7 Å². The Morgan fingerprint density at radius 3 is 2.26 bits per heavy atom. The van der Waals surface area contributed by atoms with Crippen molar-refractivity contribution in [3.8, 4) is 0 Å². The average molecular weight is 586 g/mol. The maximum absolute atomic E-state index is 14.7. The van der Waals surface area contributed by atoms with E-state index in [1.165, 1.54) is 17.0 Å². The molecule has 10 nitrogen and oxygen atoms in total. The van der Waals surface area contributed by atoms with Gasteiger partial charge in [-0.3, -0.25) is 24.6 Å². The van der Waals surface area contributed by atoms with Crippen molar-refractivity contribution >= 4 is 29.5 Å². The minimum absolute atomic E-state index is 0.0666. The van der Waals surface area contributed by atoms with Gasteiger partial charge in [-0.1, -0.05) is 13.8 Å². The van der Waals surface area contributed by atoms with E-state index in [0.29, 0.717) is 43.3 Å². The largest absolute Gasteiger partial charge is 0.444 e. The molecule has 0 saturated carbocycles. The summed E-state index contributed by atoms with van der Waals surface area (Å²) >= 11 is 0. The van der Waals surface area contributed by atoms with Crippen LogP contribution in [0.25, 0.3) is 0 Å². The predicted molar refractivity (Wildman–Crippen MR) is 155 cm³/mol. The van der Waals surface area contributed by atoms with E-state index in [1.54, 1.807) is 0 Å². The summed E-state index contributed by atoms with van der Waals surface area (Å²) in [5, 5.41) is 2.32. The quantitative estimate of drug-likeness (QED) is 0.529. The fraction of sp³-hybridized carbons (Fsp3) is 0.677. The maximum atomic E-state index is 14.7. The molecule has 0 bridgehead atoms. The molecule has 230 valence electrons. The molecule has 0 spiro atoms. The van der Waals surface area contributed by atoms with E-state index in [-0.39, 0.29) is 42.7 Å². The van der Waals surface area contributed by atoms with Crippen LogP contribution in [0.3, 0.4) is 0 Å². The van der Waals surface area contributed by atoms with Gasteiger partial charge in [0.1, 0.15) is 17.5 Å². The lowest BCUT2D eigenvalue weighted by molar-refractivity contribution is -0.136. The molecule has 0 aromatic heterocycles. The number of carbonyl (C=O) groups excluding carboxylic acids is 4. The summed E-state index contributed by atoms with van der Waals surface area (Å²) in [5.74, 6) is -1.15. The number of anilines is 1. The topological polar surface area (TPSA) is 102 Å². The number of amides is 4. The molecule has 1 atom stereocenters. The van der Waals surface area contributed by atoms with Gasteiger partial charge in [0.2, 0.25) is 11.8 Å². The van der Waals surface area contributed by atoms with Crippen LogP contribution in [-0.2, 0) is 20.9 Å². The summed E-state index contributed by atoms with van der Waals surface area (Å²) in [4.78, 5) is 57.7. The first-order valence-corrected chi connectivity index (χ1v) is 15.1. The molecule has 5 rings (SSSR count). The molecule has 3 fully saturated rings. The molecule has 4 amide bonds. The smallest absolute Gasteiger partial charge is 0.410 e. The van der Waals surface area contributed by atoms with Gasteiger partial charge in [0.15, 0.2) is 0 Å². The second-order valence-electron chi connectivity index (χ2n) is 13.8. The van der Waals surface area contributed by atoms with E-state index in [4.69, 9.17) is 4.74 Å². The lowest BCUT2D eigenvalue weighted by Gasteiger charge is -2.45. The highest BCUT2D eigenvalue weighted by molar-refractivity contribution is 6.06. The zero-order valence-corrected chi connectivity index (χ0v) is 25.5. The van der Waals surface area contributed by atoms with Crippen LogP contribution < -0.4 is 10.2 Å². The van der Waals surface area contributed by atoms with Gasteiger partial charge in [-0.2, -0.15) is 0 Å². The van der Waals surface area contributed by atoms with Gasteiger partial charge in [0.05, 0.1) is 0 Å². The number of piperidine rings is 2. The number of likely N-dealkylation sites (tertiary alicyclic amines) is 1. The van der Waals surface area contributed by atoms with E-state index in [2.05, 4.69) is 29.0 Å². The fourth-order valence-electron chi connectivity index (χ4n) is 6.91. The van der Waals surface area contributed by atoms with Gasteiger partial charge < -0.3 is 19.4 Å². The lowest BCUT2D eigenvalue weighted by Crippen LogP contribution is -2.52. The van der Waals surface area contributed by atoms with E-state index in [9.17, 15) is 23.6 Å². The van der Waals surface area contributed by atoms with Crippen LogP contribution in [0.1, 0.15) is 76.2 Å². The Morgan fingerprint density at radius 1 is 0.976 bits per heavy atom. The molecule has 4 aliphatic heterocycles. The van der Waals surface area contributed by atoms with Crippen molar-refractivity contribution in [3.05, 3.63) is 29.1 Å². The Kier molecular flexibility index (Phi) is 8.26. The van der Waals surface area contributed by atoms with E-state index >= 15 is 0 Å². The van der Waals surface area contributed by atoms with Crippen LogP contribution in [0.4, 0.5) is 14.9 Å². The normalized spacial score (nSPS) is 22.9. The van der Waals surface area contributed by atoms with Crippen LogP contribution in [0.15, 0.2) is 12.1 Å². The van der Waals surface area contributed by atoms with Gasteiger partial charge in [0.25, 0.3) is 5.91 Å². The number of nitrogens with zero attached hydrogens (tertiary/aromatic N) is 4. The third-order valence-electron chi connectivity index (χ3n) is 9.19. The number of piperazine rings is 1. The molecule has 4 heterocycles. The van der Waals surface area contributed by atoms with Gasteiger partial charge in [0, 0.05) is 75.6 Å². The van der Waals surface area contributed by atoms with Gasteiger partial charge in [-0.05, 0) is 63.5 Å². The minimum Gasteiger partial charge on any atom is -0.444 e. The highest BCUT2D eigenvalue weighted by Crippen LogP contribution is 2.38. The van der Waals surface area contributed by atoms with Gasteiger partial charge in [-0.25, -0.2) is 9.18 Å². The monoisotopic (exact) mass is 585 g/mol. The number of carbonyl (C=O) groups is 4. The summed E-state index contributed by atoms with van der Waals surface area (Å²) in [7, 11) is 0. The number of rotatable bonds is 5. The number of hydrogen-bond acceptors (Lipinski definition) is 7. The summed E-state index contributed by atoms with van der Waals surface area (Å²) in [6, 6.07) is 2.03. The molecule has 0 aliphatic carbocycles. The zero-order valence-electron chi connectivity index (χ0n) is 25.5. The lowest BCUT2D eigenvalue weighted by atomic mass is 9.73. The van der Waals surface area contributed by atoms with E-state index < -0.39 is 23.4 Å². The third kappa shape index (κ3) is 6.40. The summed E-state index contributed by atoms with van der Waals surface area (Å²) < 4.78 is 20.3. The number of imide groups is 1. The van der Waals surface area contributed by atoms with Gasteiger partial charge in [-0.15, -0.1) is 0 Å². The van der Waals surface area contributed by atoms with Crippen LogP contribution in [0.2, 0.25) is 0 Å².